The van der Waals surface area contributed by atoms with Gasteiger partial charge in [0.15, 0.2) is 0 Å². The first-order chi connectivity index (χ1) is 7.81. The number of hydrogen-bond donors (Lipinski definition) is 1. The summed E-state index contributed by atoms with van der Waals surface area (Å²) in [6, 6.07) is 8.74. The molecule has 0 fully saturated rings. The van der Waals surface area contributed by atoms with E-state index in [0.717, 1.165) is 0 Å². The van der Waals surface area contributed by atoms with Gasteiger partial charge in [-0.2, -0.15) is 0 Å². The highest BCUT2D eigenvalue weighted by atomic mass is 32.1. The van der Waals surface area contributed by atoms with E-state index in [-0.39, 0.29) is 12.1 Å². The van der Waals surface area contributed by atoms with Gasteiger partial charge in [0, 0.05) is 9.75 Å². The fraction of sp³-hybridized carbons (Fsp3) is 0.231. The Morgan fingerprint density at radius 1 is 1.19 bits per heavy atom. The van der Waals surface area contributed by atoms with Crippen LogP contribution in [0.5, 0.6) is 0 Å². The minimum Gasteiger partial charge on any atom is -0.292 e. The van der Waals surface area contributed by atoms with Gasteiger partial charge in [-0.3, -0.25) is 5.32 Å². The van der Waals surface area contributed by atoms with Gasteiger partial charge in [0.1, 0.15) is 0 Å². The van der Waals surface area contributed by atoms with Crippen LogP contribution in [0.25, 0.3) is 0 Å². The van der Waals surface area contributed by atoms with Crippen LogP contribution in [0, 0.1) is 12.3 Å². The third-order valence-corrected chi connectivity index (χ3v) is 4.20. The average Bonchev–Trinajstić information content (AvgIpc) is 2.97. The van der Waals surface area contributed by atoms with Crippen molar-refractivity contribution in [1.29, 1.82) is 0 Å². The SMILES string of the molecule is C#CC(C)NC(c1cccs1)c1cccs1. The third kappa shape index (κ3) is 2.53. The molecule has 0 spiro atoms. The number of rotatable bonds is 4. The summed E-state index contributed by atoms with van der Waals surface area (Å²) < 4.78 is 0. The zero-order valence-electron chi connectivity index (χ0n) is 9.01. The molecular weight excluding hydrogens is 234 g/mol. The highest BCUT2D eigenvalue weighted by Gasteiger charge is 2.17. The molecule has 3 heteroatoms. The summed E-state index contributed by atoms with van der Waals surface area (Å²) in [5.74, 6) is 2.72. The Hall–Kier alpha value is -1.08. The second kappa shape index (κ2) is 5.31. The summed E-state index contributed by atoms with van der Waals surface area (Å²) in [6.45, 7) is 2.01. The molecule has 2 rings (SSSR count). The van der Waals surface area contributed by atoms with Gasteiger partial charge in [-0.15, -0.1) is 29.1 Å². The quantitative estimate of drug-likeness (QED) is 0.815. The number of terminal acetylenes is 1. The molecule has 0 radical (unpaired) electrons. The zero-order chi connectivity index (χ0) is 11.4. The molecule has 0 saturated carbocycles. The molecule has 1 atom stereocenters. The van der Waals surface area contributed by atoms with Gasteiger partial charge < -0.3 is 0 Å². The van der Waals surface area contributed by atoms with Crippen LogP contribution in [0.4, 0.5) is 0 Å². The second-order valence-corrected chi connectivity index (χ2v) is 5.48. The molecule has 0 aliphatic carbocycles. The molecule has 0 amide bonds. The van der Waals surface area contributed by atoms with Gasteiger partial charge in [-0.05, 0) is 29.8 Å². The summed E-state index contributed by atoms with van der Waals surface area (Å²) in [7, 11) is 0. The van der Waals surface area contributed by atoms with Crippen molar-refractivity contribution >= 4 is 22.7 Å². The predicted octanol–water partition coefficient (Wildman–Crippen LogP) is 3.51. The van der Waals surface area contributed by atoms with E-state index in [4.69, 9.17) is 6.42 Å². The topological polar surface area (TPSA) is 12.0 Å². The summed E-state index contributed by atoms with van der Waals surface area (Å²) in [4.78, 5) is 2.62. The fourth-order valence-corrected chi connectivity index (χ4v) is 3.19. The lowest BCUT2D eigenvalue weighted by molar-refractivity contribution is 0.587. The van der Waals surface area contributed by atoms with Gasteiger partial charge in [-0.25, -0.2) is 0 Å². The highest BCUT2D eigenvalue weighted by molar-refractivity contribution is 7.11. The molecule has 2 aromatic rings. The maximum Gasteiger partial charge on any atom is 0.0774 e. The normalized spacial score (nSPS) is 12.6. The zero-order valence-corrected chi connectivity index (χ0v) is 10.6. The molecule has 82 valence electrons. The van der Waals surface area contributed by atoms with Gasteiger partial charge in [0.2, 0.25) is 0 Å². The first-order valence-electron chi connectivity index (χ1n) is 5.10. The van der Waals surface area contributed by atoms with E-state index in [2.05, 4.69) is 46.3 Å². The minimum absolute atomic E-state index is 0.0780. The van der Waals surface area contributed by atoms with Crippen molar-refractivity contribution in [2.45, 2.75) is 19.0 Å². The molecule has 0 aliphatic heterocycles. The van der Waals surface area contributed by atoms with Crippen LogP contribution in [0.15, 0.2) is 35.0 Å². The van der Waals surface area contributed by atoms with Crippen LogP contribution < -0.4 is 5.32 Å². The predicted molar refractivity (Wildman–Crippen MR) is 71.9 cm³/mol. The smallest absolute Gasteiger partial charge is 0.0774 e. The van der Waals surface area contributed by atoms with E-state index in [1.165, 1.54) is 9.75 Å². The number of hydrogen-bond acceptors (Lipinski definition) is 3. The van der Waals surface area contributed by atoms with E-state index >= 15 is 0 Å². The van der Waals surface area contributed by atoms with Crippen molar-refractivity contribution in [1.82, 2.24) is 5.32 Å². The Bertz CT molecular complexity index is 416. The van der Waals surface area contributed by atoms with Crippen LogP contribution in [-0.2, 0) is 0 Å². The van der Waals surface area contributed by atoms with Crippen LogP contribution in [0.3, 0.4) is 0 Å². The molecule has 0 aliphatic rings. The molecule has 1 unspecified atom stereocenters. The average molecular weight is 247 g/mol. The first-order valence-corrected chi connectivity index (χ1v) is 6.86. The summed E-state index contributed by atoms with van der Waals surface area (Å²) in [6.07, 6.45) is 5.42. The fourth-order valence-electron chi connectivity index (χ4n) is 1.51. The van der Waals surface area contributed by atoms with E-state index in [9.17, 15) is 0 Å². The molecule has 2 heterocycles. The van der Waals surface area contributed by atoms with Crippen molar-refractivity contribution in [3.05, 3.63) is 44.8 Å². The van der Waals surface area contributed by atoms with E-state index < -0.39 is 0 Å². The summed E-state index contributed by atoms with van der Waals surface area (Å²) in [5, 5.41) is 7.65. The minimum atomic E-state index is 0.0780. The molecule has 1 nitrogen and oxygen atoms in total. The van der Waals surface area contributed by atoms with Crippen molar-refractivity contribution in [3.8, 4) is 12.3 Å². The Kier molecular flexibility index (Phi) is 3.79. The van der Waals surface area contributed by atoms with Gasteiger partial charge in [0.25, 0.3) is 0 Å². The first kappa shape index (κ1) is 11.4. The van der Waals surface area contributed by atoms with Crippen molar-refractivity contribution < 1.29 is 0 Å². The number of nitrogens with one attached hydrogen (secondary N) is 1. The van der Waals surface area contributed by atoms with Crippen LogP contribution in [-0.4, -0.2) is 6.04 Å². The molecule has 0 aromatic carbocycles. The molecular formula is C13H13NS2. The lowest BCUT2D eigenvalue weighted by Gasteiger charge is -2.18. The Labute approximate surface area is 104 Å². The highest BCUT2D eigenvalue weighted by Crippen LogP contribution is 2.29. The van der Waals surface area contributed by atoms with E-state index in [1.807, 2.05) is 6.92 Å². The summed E-state index contributed by atoms with van der Waals surface area (Å²) in [5.41, 5.74) is 0. The maximum atomic E-state index is 5.42. The van der Waals surface area contributed by atoms with E-state index in [1.54, 1.807) is 22.7 Å². The van der Waals surface area contributed by atoms with Crippen molar-refractivity contribution in [2.75, 3.05) is 0 Å². The Morgan fingerprint density at radius 2 is 1.75 bits per heavy atom. The molecule has 16 heavy (non-hydrogen) atoms. The van der Waals surface area contributed by atoms with Crippen molar-refractivity contribution in [3.63, 3.8) is 0 Å². The van der Waals surface area contributed by atoms with Crippen LogP contribution in [0.1, 0.15) is 22.7 Å². The van der Waals surface area contributed by atoms with E-state index in [0.29, 0.717) is 0 Å². The lowest BCUT2D eigenvalue weighted by atomic mass is 10.1. The number of thiophene rings is 2. The van der Waals surface area contributed by atoms with Crippen LogP contribution >= 0.6 is 22.7 Å². The molecule has 0 saturated heterocycles. The molecule has 2 aromatic heterocycles. The summed E-state index contributed by atoms with van der Waals surface area (Å²) >= 11 is 3.51. The van der Waals surface area contributed by atoms with Crippen LogP contribution in [0.2, 0.25) is 0 Å². The Morgan fingerprint density at radius 3 is 2.12 bits per heavy atom. The van der Waals surface area contributed by atoms with Gasteiger partial charge in [0.05, 0.1) is 12.1 Å². The van der Waals surface area contributed by atoms with Gasteiger partial charge >= 0.3 is 0 Å². The Balaban J connectivity index is 2.25. The molecule has 1 N–H and O–H groups in total. The molecule has 0 bridgehead atoms. The monoisotopic (exact) mass is 247 g/mol. The largest absolute Gasteiger partial charge is 0.292 e. The van der Waals surface area contributed by atoms with Crippen molar-refractivity contribution in [2.24, 2.45) is 0 Å². The van der Waals surface area contributed by atoms with Gasteiger partial charge in [-0.1, -0.05) is 18.1 Å². The maximum absolute atomic E-state index is 5.42. The standard InChI is InChI=1S/C13H13NS2/c1-3-10(2)14-13(11-6-4-8-15-11)12-7-5-9-16-12/h1,4-10,13-14H,2H3. The second-order valence-electron chi connectivity index (χ2n) is 3.52. The third-order valence-electron chi connectivity index (χ3n) is 2.32. The lowest BCUT2D eigenvalue weighted by Crippen LogP contribution is -2.29.